The first kappa shape index (κ1) is 11.0. The highest BCUT2D eigenvalue weighted by molar-refractivity contribution is 5.74. The van der Waals surface area contributed by atoms with E-state index in [1.54, 1.807) is 0 Å². The molecule has 5 heteroatoms. The van der Waals surface area contributed by atoms with Crippen molar-refractivity contribution >= 4 is 11.9 Å². The first-order chi connectivity index (χ1) is 6.39. The van der Waals surface area contributed by atoms with Crippen molar-refractivity contribution in [2.24, 2.45) is 17.3 Å². The van der Waals surface area contributed by atoms with Gasteiger partial charge in [-0.25, -0.2) is 4.79 Å². The molecule has 0 aromatic carbocycles. The predicted octanol–water partition coefficient (Wildman–Crippen LogP) is 1.14. The average molecular weight is 202 g/mol. The van der Waals surface area contributed by atoms with Crippen molar-refractivity contribution in [1.82, 2.24) is 0 Å². The smallest absolute Gasteiger partial charge is 0.342 e. The highest BCUT2D eigenvalue weighted by Gasteiger charge is 2.52. The lowest BCUT2D eigenvalue weighted by Gasteiger charge is -2.49. The highest BCUT2D eigenvalue weighted by Crippen LogP contribution is 2.52. The zero-order valence-electron chi connectivity index (χ0n) is 8.19. The molecule has 0 saturated heterocycles. The Morgan fingerprint density at radius 1 is 1.50 bits per heavy atom. The molecule has 0 bridgehead atoms. The van der Waals surface area contributed by atoms with Gasteiger partial charge in [0.1, 0.15) is 0 Å². The van der Waals surface area contributed by atoms with E-state index < -0.39 is 23.3 Å². The number of aliphatic carboxylic acids is 1. The molecule has 0 aromatic rings. The van der Waals surface area contributed by atoms with Gasteiger partial charge in [-0.15, -0.1) is 0 Å². The molecule has 0 aromatic heterocycles. The maximum atomic E-state index is 10.8. The fourth-order valence-electron chi connectivity index (χ4n) is 2.02. The topological polar surface area (TPSA) is 83.8 Å². The maximum Gasteiger partial charge on any atom is 0.342 e. The molecule has 0 aliphatic heterocycles. The third-order valence-corrected chi connectivity index (χ3v) is 3.28. The van der Waals surface area contributed by atoms with E-state index in [9.17, 15) is 9.59 Å². The van der Waals surface area contributed by atoms with Gasteiger partial charge in [0.05, 0.1) is 12.3 Å². The molecule has 0 heterocycles. The minimum atomic E-state index is -0.830. The Morgan fingerprint density at radius 3 is 2.43 bits per heavy atom. The molecule has 1 rings (SSSR count). The fraction of sp³-hybridized carbons (Fsp3) is 0.778. The van der Waals surface area contributed by atoms with Crippen LogP contribution in [0.2, 0.25) is 0 Å². The largest absolute Gasteiger partial charge is 0.481 e. The van der Waals surface area contributed by atoms with Gasteiger partial charge in [0.25, 0.3) is 0 Å². The number of carbonyl (C=O) groups is 2. The van der Waals surface area contributed by atoms with Crippen LogP contribution < -0.4 is 0 Å². The van der Waals surface area contributed by atoms with Crippen LogP contribution in [-0.2, 0) is 14.5 Å². The number of rotatable bonds is 3. The molecular weight excluding hydrogens is 188 g/mol. The number of carboxylic acids is 1. The molecule has 0 spiro atoms. The molecule has 0 amide bonds. The van der Waals surface area contributed by atoms with Gasteiger partial charge in [0.15, 0.2) is 0 Å². The Kier molecular flexibility index (Phi) is 2.80. The van der Waals surface area contributed by atoms with E-state index in [0.717, 1.165) is 0 Å². The van der Waals surface area contributed by atoms with Gasteiger partial charge < -0.3 is 9.99 Å². The third kappa shape index (κ3) is 1.72. The second kappa shape index (κ2) is 3.57. The molecule has 2 N–H and O–H groups in total. The van der Waals surface area contributed by atoms with Crippen molar-refractivity contribution < 1.29 is 24.8 Å². The summed E-state index contributed by atoms with van der Waals surface area (Å²) in [5, 5.41) is 16.9. The van der Waals surface area contributed by atoms with Crippen molar-refractivity contribution in [2.45, 2.75) is 26.7 Å². The van der Waals surface area contributed by atoms with E-state index in [1.165, 1.54) is 0 Å². The summed E-state index contributed by atoms with van der Waals surface area (Å²) in [5.41, 5.74) is -0.403. The molecule has 14 heavy (non-hydrogen) atoms. The summed E-state index contributed by atoms with van der Waals surface area (Å²) in [6.07, 6.45) is 0.546. The van der Waals surface area contributed by atoms with E-state index in [2.05, 4.69) is 4.89 Å². The quantitative estimate of drug-likeness (QED) is 0.529. The van der Waals surface area contributed by atoms with Crippen molar-refractivity contribution in [3.8, 4) is 0 Å². The Hall–Kier alpha value is -1.10. The second-order valence-electron chi connectivity index (χ2n) is 4.31. The second-order valence-corrected chi connectivity index (χ2v) is 4.31. The van der Waals surface area contributed by atoms with E-state index >= 15 is 0 Å². The van der Waals surface area contributed by atoms with E-state index in [-0.39, 0.29) is 12.3 Å². The molecule has 2 unspecified atom stereocenters. The summed E-state index contributed by atoms with van der Waals surface area (Å²) in [5.74, 6) is -1.96. The molecule has 5 nitrogen and oxygen atoms in total. The van der Waals surface area contributed by atoms with E-state index in [0.29, 0.717) is 6.42 Å². The maximum absolute atomic E-state index is 10.8. The van der Waals surface area contributed by atoms with Crippen LogP contribution in [0.3, 0.4) is 0 Å². The summed E-state index contributed by atoms with van der Waals surface area (Å²) in [6.45, 7) is 3.62. The van der Waals surface area contributed by atoms with Crippen molar-refractivity contribution in [3.63, 3.8) is 0 Å². The molecule has 1 aliphatic rings. The summed E-state index contributed by atoms with van der Waals surface area (Å²) in [7, 11) is 0. The van der Waals surface area contributed by atoms with Crippen LogP contribution in [0.15, 0.2) is 0 Å². The molecule has 1 saturated carbocycles. The van der Waals surface area contributed by atoms with Crippen LogP contribution in [-0.4, -0.2) is 22.3 Å². The molecule has 0 radical (unpaired) electrons. The van der Waals surface area contributed by atoms with Gasteiger partial charge in [0.2, 0.25) is 0 Å². The van der Waals surface area contributed by atoms with Gasteiger partial charge in [-0.05, 0) is 17.8 Å². The Labute approximate surface area is 81.6 Å². The average Bonchev–Trinajstić information content (AvgIpc) is 2.10. The minimum Gasteiger partial charge on any atom is -0.481 e. The molecular formula is C9H14O5. The highest BCUT2D eigenvalue weighted by atomic mass is 17.1. The van der Waals surface area contributed by atoms with Crippen LogP contribution in [0.5, 0.6) is 0 Å². The van der Waals surface area contributed by atoms with Gasteiger partial charge >= 0.3 is 11.9 Å². The number of hydrogen-bond acceptors (Lipinski definition) is 4. The third-order valence-electron chi connectivity index (χ3n) is 3.28. The first-order valence-electron chi connectivity index (χ1n) is 4.46. The Balaban J connectivity index is 2.54. The van der Waals surface area contributed by atoms with Crippen molar-refractivity contribution in [2.75, 3.05) is 0 Å². The fourth-order valence-corrected chi connectivity index (χ4v) is 2.02. The molecule has 2 atom stereocenters. The lowest BCUT2D eigenvalue weighted by molar-refractivity contribution is -0.238. The van der Waals surface area contributed by atoms with Crippen LogP contribution in [0.4, 0.5) is 0 Å². The lowest BCUT2D eigenvalue weighted by Crippen LogP contribution is -2.49. The zero-order valence-corrected chi connectivity index (χ0v) is 8.19. The van der Waals surface area contributed by atoms with Crippen molar-refractivity contribution in [3.05, 3.63) is 0 Å². The number of carboxylic acid groups (broad SMARTS) is 1. The first-order valence-corrected chi connectivity index (χ1v) is 4.46. The lowest BCUT2D eigenvalue weighted by atomic mass is 9.54. The minimum absolute atomic E-state index is 0.0248. The molecule has 1 aliphatic carbocycles. The van der Waals surface area contributed by atoms with Gasteiger partial charge in [-0.3, -0.25) is 4.79 Å². The van der Waals surface area contributed by atoms with Crippen LogP contribution in [0.1, 0.15) is 26.7 Å². The summed E-state index contributed by atoms with van der Waals surface area (Å²) in [6, 6.07) is 0. The summed E-state index contributed by atoms with van der Waals surface area (Å²) < 4.78 is 0. The molecule has 80 valence electrons. The van der Waals surface area contributed by atoms with Crippen LogP contribution in [0.25, 0.3) is 0 Å². The SMILES string of the molecule is CC1(C)C(CC(=O)OO)CC1C(=O)O. The summed E-state index contributed by atoms with van der Waals surface area (Å²) >= 11 is 0. The van der Waals surface area contributed by atoms with E-state index in [4.69, 9.17) is 10.4 Å². The monoisotopic (exact) mass is 202 g/mol. The predicted molar refractivity (Wildman–Crippen MR) is 46.4 cm³/mol. The van der Waals surface area contributed by atoms with E-state index in [1.807, 2.05) is 13.8 Å². The van der Waals surface area contributed by atoms with Crippen LogP contribution >= 0.6 is 0 Å². The van der Waals surface area contributed by atoms with Gasteiger partial charge in [-0.2, -0.15) is 5.26 Å². The number of carbonyl (C=O) groups excluding carboxylic acids is 1. The zero-order chi connectivity index (χ0) is 10.9. The Morgan fingerprint density at radius 2 is 2.07 bits per heavy atom. The normalized spacial score (nSPS) is 29.1. The van der Waals surface area contributed by atoms with Crippen molar-refractivity contribution in [1.29, 1.82) is 0 Å². The van der Waals surface area contributed by atoms with Gasteiger partial charge in [0, 0.05) is 0 Å². The molecule has 1 fully saturated rings. The van der Waals surface area contributed by atoms with Crippen LogP contribution in [0, 0.1) is 17.3 Å². The summed E-state index contributed by atoms with van der Waals surface area (Å²) in [4.78, 5) is 25.1. The van der Waals surface area contributed by atoms with Gasteiger partial charge in [-0.1, -0.05) is 13.8 Å². The number of hydrogen-bond donors (Lipinski definition) is 2. The Bertz CT molecular complexity index is 258. The standard InChI is InChI=1S/C9H14O5/c1-9(2)5(4-7(10)14-13)3-6(9)8(11)12/h5-6,13H,3-4H2,1-2H3,(H,11,12).